The molecule has 1 aromatic carbocycles. The van der Waals surface area contributed by atoms with Crippen LogP contribution in [-0.2, 0) is 12.8 Å². The van der Waals surface area contributed by atoms with Gasteiger partial charge in [0, 0.05) is 29.4 Å². The highest BCUT2D eigenvalue weighted by Gasteiger charge is 2.12. The van der Waals surface area contributed by atoms with Gasteiger partial charge in [-0.2, -0.15) is 0 Å². The summed E-state index contributed by atoms with van der Waals surface area (Å²) in [5.74, 6) is 2.07. The second-order valence-electron chi connectivity index (χ2n) is 5.26. The van der Waals surface area contributed by atoms with E-state index in [1.807, 2.05) is 11.4 Å². The normalized spacial score (nSPS) is 10.6. The van der Waals surface area contributed by atoms with Crippen LogP contribution in [-0.4, -0.2) is 29.0 Å². The van der Waals surface area contributed by atoms with Gasteiger partial charge in [0.1, 0.15) is 0 Å². The average molecular weight is 390 g/mol. The zero-order chi connectivity index (χ0) is 18.5. The topological polar surface area (TPSA) is 78.3 Å². The van der Waals surface area contributed by atoms with Gasteiger partial charge >= 0.3 is 0 Å². The van der Waals surface area contributed by atoms with Crippen LogP contribution < -0.4 is 20.3 Å². The summed E-state index contributed by atoms with van der Waals surface area (Å²) < 4.78 is 12.0. The number of hydrogen-bond donors (Lipinski definition) is 1. The Hall–Kier alpha value is -2.52. The van der Waals surface area contributed by atoms with Gasteiger partial charge < -0.3 is 14.8 Å². The predicted molar refractivity (Wildman–Crippen MR) is 104 cm³/mol. The summed E-state index contributed by atoms with van der Waals surface area (Å²) in [6, 6.07) is 9.32. The number of methoxy groups -OCH3 is 2. The van der Waals surface area contributed by atoms with E-state index >= 15 is 0 Å². The van der Waals surface area contributed by atoms with Crippen molar-refractivity contribution in [2.75, 3.05) is 19.5 Å². The van der Waals surface area contributed by atoms with Gasteiger partial charge in [-0.15, -0.1) is 21.5 Å². The molecule has 2 aromatic heterocycles. The molecule has 2 heterocycles. The van der Waals surface area contributed by atoms with Crippen LogP contribution in [0.4, 0.5) is 11.5 Å². The predicted octanol–water partition coefficient (Wildman–Crippen LogP) is 3.29. The molecule has 7 nitrogen and oxygen atoms in total. The van der Waals surface area contributed by atoms with Gasteiger partial charge in [0.05, 0.1) is 14.2 Å². The molecule has 0 saturated carbocycles. The number of nitrogens with zero attached hydrogens (tertiary/aromatic N) is 3. The molecule has 0 fully saturated rings. The summed E-state index contributed by atoms with van der Waals surface area (Å²) in [5.41, 5.74) is 0.413. The number of nitrogens with one attached hydrogen (secondary N) is 1. The molecule has 3 aromatic rings. The first kappa shape index (κ1) is 18.3. The fourth-order valence-corrected chi connectivity index (χ4v) is 3.91. The molecule has 0 aliphatic heterocycles. The lowest BCUT2D eigenvalue weighted by atomic mass is 10.2. The third-order valence-electron chi connectivity index (χ3n) is 3.60. The second kappa shape index (κ2) is 8.24. The number of thioether (sulfide) groups is 1. The Morgan fingerprint density at radius 3 is 2.69 bits per heavy atom. The van der Waals surface area contributed by atoms with Gasteiger partial charge in [0.15, 0.2) is 16.7 Å². The minimum Gasteiger partial charge on any atom is -0.493 e. The first-order chi connectivity index (χ1) is 12.6. The van der Waals surface area contributed by atoms with E-state index in [9.17, 15) is 4.79 Å². The maximum Gasteiger partial charge on any atom is 0.297 e. The maximum absolute atomic E-state index is 12.6. The Kier molecular flexibility index (Phi) is 5.79. The van der Waals surface area contributed by atoms with E-state index in [0.29, 0.717) is 22.3 Å². The van der Waals surface area contributed by atoms with Crippen molar-refractivity contribution in [2.45, 2.75) is 10.9 Å². The van der Waals surface area contributed by atoms with Crippen molar-refractivity contribution in [3.8, 4) is 11.5 Å². The van der Waals surface area contributed by atoms with Gasteiger partial charge in [-0.05, 0) is 23.6 Å². The highest BCUT2D eigenvalue weighted by Crippen LogP contribution is 2.30. The molecule has 0 aliphatic rings. The van der Waals surface area contributed by atoms with Crippen molar-refractivity contribution in [1.29, 1.82) is 0 Å². The average Bonchev–Trinajstić information content (AvgIpc) is 3.18. The lowest BCUT2D eigenvalue weighted by molar-refractivity contribution is 0.355. The zero-order valence-corrected chi connectivity index (χ0v) is 16.2. The number of thiophene rings is 1. The number of anilines is 2. The summed E-state index contributed by atoms with van der Waals surface area (Å²) in [5, 5.41) is 13.8. The van der Waals surface area contributed by atoms with Gasteiger partial charge in [-0.3, -0.25) is 9.36 Å². The number of ether oxygens (including phenoxy) is 2. The van der Waals surface area contributed by atoms with Crippen LogP contribution >= 0.6 is 23.1 Å². The minimum absolute atomic E-state index is 0.153. The van der Waals surface area contributed by atoms with Crippen molar-refractivity contribution in [3.63, 3.8) is 0 Å². The molecule has 0 atom stereocenters. The van der Waals surface area contributed by atoms with Crippen molar-refractivity contribution >= 4 is 34.6 Å². The molecule has 0 radical (unpaired) electrons. The van der Waals surface area contributed by atoms with E-state index in [4.69, 9.17) is 9.47 Å². The van der Waals surface area contributed by atoms with Crippen LogP contribution in [0.2, 0.25) is 0 Å². The van der Waals surface area contributed by atoms with Crippen molar-refractivity contribution in [1.82, 2.24) is 14.8 Å². The van der Waals surface area contributed by atoms with Crippen LogP contribution in [0.25, 0.3) is 0 Å². The van der Waals surface area contributed by atoms with Crippen LogP contribution in [0.5, 0.6) is 11.5 Å². The molecule has 3 rings (SSSR count). The quantitative estimate of drug-likeness (QED) is 0.620. The molecule has 0 saturated heterocycles. The minimum atomic E-state index is -0.247. The number of aromatic nitrogens is 3. The molecule has 0 amide bonds. The second-order valence-corrected chi connectivity index (χ2v) is 7.23. The van der Waals surface area contributed by atoms with Crippen molar-refractivity contribution in [3.05, 3.63) is 50.9 Å². The Bertz CT molecular complexity index is 942. The summed E-state index contributed by atoms with van der Waals surface area (Å²) in [6.07, 6.45) is 0. The van der Waals surface area contributed by atoms with E-state index < -0.39 is 0 Å². The highest BCUT2D eigenvalue weighted by atomic mass is 32.2. The van der Waals surface area contributed by atoms with Gasteiger partial charge in [-0.25, -0.2) is 0 Å². The van der Waals surface area contributed by atoms with Crippen LogP contribution in [0.3, 0.4) is 0 Å². The Morgan fingerprint density at radius 2 is 2.00 bits per heavy atom. The largest absolute Gasteiger partial charge is 0.493 e. The third-order valence-corrected chi connectivity index (χ3v) is 5.73. The summed E-state index contributed by atoms with van der Waals surface area (Å²) in [7, 11) is 4.81. The van der Waals surface area contributed by atoms with E-state index in [1.54, 1.807) is 50.8 Å². The first-order valence-corrected chi connectivity index (χ1v) is 9.57. The molecule has 9 heteroatoms. The molecule has 0 spiro atoms. The fraction of sp³-hybridized carbons (Fsp3) is 0.235. The van der Waals surface area contributed by atoms with E-state index in [-0.39, 0.29) is 11.4 Å². The highest BCUT2D eigenvalue weighted by molar-refractivity contribution is 7.98. The lowest BCUT2D eigenvalue weighted by Gasteiger charge is -2.11. The van der Waals surface area contributed by atoms with Crippen LogP contribution in [0.15, 0.2) is 45.7 Å². The Labute approximate surface area is 159 Å². The SMILES string of the molecule is COc1ccc(Nc2nnc(SCc3cccs3)n(C)c2=O)cc1OC. The van der Waals surface area contributed by atoms with Crippen LogP contribution in [0, 0.1) is 0 Å². The van der Waals surface area contributed by atoms with E-state index in [0.717, 1.165) is 5.75 Å². The van der Waals surface area contributed by atoms with Crippen LogP contribution in [0.1, 0.15) is 4.88 Å². The van der Waals surface area contributed by atoms with E-state index in [2.05, 4.69) is 21.6 Å². The summed E-state index contributed by atoms with van der Waals surface area (Å²) in [6.45, 7) is 0. The molecule has 0 bridgehead atoms. The zero-order valence-electron chi connectivity index (χ0n) is 14.6. The monoisotopic (exact) mass is 390 g/mol. The van der Waals surface area contributed by atoms with Crippen molar-refractivity contribution in [2.24, 2.45) is 7.05 Å². The first-order valence-electron chi connectivity index (χ1n) is 7.70. The van der Waals surface area contributed by atoms with Gasteiger partial charge in [-0.1, -0.05) is 17.8 Å². The van der Waals surface area contributed by atoms with E-state index in [1.165, 1.54) is 21.2 Å². The smallest absolute Gasteiger partial charge is 0.297 e. The standard InChI is InChI=1S/C17H18N4O3S2/c1-21-16(22)15(18-11-6-7-13(23-2)14(9-11)24-3)19-20-17(21)26-10-12-5-4-8-25-12/h4-9H,10H2,1-3H3,(H,18,19). The molecule has 0 aliphatic carbocycles. The fourth-order valence-electron chi connectivity index (χ4n) is 2.23. The van der Waals surface area contributed by atoms with Gasteiger partial charge in [0.25, 0.3) is 5.56 Å². The molecule has 1 N–H and O–H groups in total. The summed E-state index contributed by atoms with van der Waals surface area (Å²) in [4.78, 5) is 13.8. The molecule has 26 heavy (non-hydrogen) atoms. The van der Waals surface area contributed by atoms with Crippen molar-refractivity contribution < 1.29 is 9.47 Å². The Morgan fingerprint density at radius 1 is 1.19 bits per heavy atom. The molecule has 136 valence electrons. The molecular weight excluding hydrogens is 372 g/mol. The molecular formula is C17H18N4O3S2. The number of benzene rings is 1. The maximum atomic E-state index is 12.6. The Balaban J connectivity index is 1.79. The number of hydrogen-bond acceptors (Lipinski definition) is 8. The summed E-state index contributed by atoms with van der Waals surface area (Å²) >= 11 is 3.15. The lowest BCUT2D eigenvalue weighted by Crippen LogP contribution is -2.24. The third kappa shape index (κ3) is 4.00. The van der Waals surface area contributed by atoms with Gasteiger partial charge in [0.2, 0.25) is 5.82 Å². The molecule has 0 unspecified atom stereocenters. The number of rotatable bonds is 7.